The summed E-state index contributed by atoms with van der Waals surface area (Å²) >= 11 is 0. The van der Waals surface area contributed by atoms with Crippen LogP contribution in [0.15, 0.2) is 42.5 Å². The van der Waals surface area contributed by atoms with Crippen molar-refractivity contribution in [1.29, 1.82) is 0 Å². The molecule has 0 saturated carbocycles. The molecule has 3 rings (SSSR count). The largest absolute Gasteiger partial charge is 0.508 e. The summed E-state index contributed by atoms with van der Waals surface area (Å²) in [5, 5.41) is 9.31. The highest BCUT2D eigenvalue weighted by Crippen LogP contribution is 2.21. The molecule has 0 spiro atoms. The number of para-hydroxylation sites is 1. The molecule has 19 heavy (non-hydrogen) atoms. The van der Waals surface area contributed by atoms with Crippen molar-refractivity contribution in [2.45, 2.75) is 13.3 Å². The van der Waals surface area contributed by atoms with Gasteiger partial charge in [0.25, 0.3) is 0 Å². The van der Waals surface area contributed by atoms with Gasteiger partial charge in [-0.2, -0.15) is 0 Å². The second-order valence-electron chi connectivity index (χ2n) is 4.87. The van der Waals surface area contributed by atoms with Gasteiger partial charge in [0.1, 0.15) is 11.6 Å². The highest BCUT2D eigenvalue weighted by molar-refractivity contribution is 5.79. The summed E-state index contributed by atoms with van der Waals surface area (Å²) < 4.78 is 2.15. The predicted octanol–water partition coefficient (Wildman–Crippen LogP) is 3.18. The van der Waals surface area contributed by atoms with Crippen molar-refractivity contribution in [2.24, 2.45) is 7.05 Å². The van der Waals surface area contributed by atoms with Gasteiger partial charge in [-0.25, -0.2) is 4.98 Å². The third kappa shape index (κ3) is 2.08. The van der Waals surface area contributed by atoms with Crippen molar-refractivity contribution in [3.05, 3.63) is 59.4 Å². The molecule has 0 aliphatic carbocycles. The lowest BCUT2D eigenvalue weighted by Crippen LogP contribution is -1.99. The third-order valence-corrected chi connectivity index (χ3v) is 3.49. The summed E-state index contributed by atoms with van der Waals surface area (Å²) in [4.78, 5) is 4.69. The highest BCUT2D eigenvalue weighted by Gasteiger charge is 2.09. The Bertz CT molecular complexity index is 726. The van der Waals surface area contributed by atoms with E-state index in [1.807, 2.05) is 24.3 Å². The predicted molar refractivity (Wildman–Crippen MR) is 76.4 cm³/mol. The fraction of sp³-hybridized carbons (Fsp3) is 0.188. The minimum Gasteiger partial charge on any atom is -0.508 e. The molecule has 0 fully saturated rings. The van der Waals surface area contributed by atoms with Crippen molar-refractivity contribution >= 4 is 11.0 Å². The van der Waals surface area contributed by atoms with Gasteiger partial charge >= 0.3 is 0 Å². The SMILES string of the molecule is Cc1cccc2nc(Cc3ccc(O)cc3)n(C)c12. The number of phenols is 1. The molecule has 3 heteroatoms. The van der Waals surface area contributed by atoms with Crippen LogP contribution in [0.5, 0.6) is 5.75 Å². The lowest BCUT2D eigenvalue weighted by atomic mass is 10.1. The van der Waals surface area contributed by atoms with Crippen LogP contribution < -0.4 is 0 Å². The first-order chi connectivity index (χ1) is 9.15. The number of phenolic OH excluding ortho intramolecular Hbond substituents is 1. The summed E-state index contributed by atoms with van der Waals surface area (Å²) in [6, 6.07) is 13.5. The van der Waals surface area contributed by atoms with Crippen LogP contribution in [-0.4, -0.2) is 14.7 Å². The molecule has 0 aliphatic rings. The molecule has 0 aliphatic heterocycles. The average Bonchev–Trinajstić information content (AvgIpc) is 2.71. The molecule has 3 nitrogen and oxygen atoms in total. The summed E-state index contributed by atoms with van der Waals surface area (Å²) in [5.74, 6) is 1.33. The van der Waals surface area contributed by atoms with Crippen molar-refractivity contribution < 1.29 is 5.11 Å². The molecule has 1 heterocycles. The average molecular weight is 252 g/mol. The van der Waals surface area contributed by atoms with Crippen LogP contribution in [0.3, 0.4) is 0 Å². The lowest BCUT2D eigenvalue weighted by Gasteiger charge is -2.04. The maximum Gasteiger partial charge on any atom is 0.115 e. The first-order valence-corrected chi connectivity index (χ1v) is 6.34. The van der Waals surface area contributed by atoms with Crippen molar-refractivity contribution in [3.63, 3.8) is 0 Å². The van der Waals surface area contributed by atoms with Gasteiger partial charge in [-0.05, 0) is 36.2 Å². The summed E-state index contributed by atoms with van der Waals surface area (Å²) in [5.41, 5.74) is 4.62. The Labute approximate surface area is 112 Å². The Hall–Kier alpha value is -2.29. The molecular weight excluding hydrogens is 236 g/mol. The van der Waals surface area contributed by atoms with Crippen LogP contribution in [-0.2, 0) is 13.5 Å². The zero-order valence-corrected chi connectivity index (χ0v) is 11.1. The molecule has 0 bridgehead atoms. The van der Waals surface area contributed by atoms with E-state index in [2.05, 4.69) is 24.6 Å². The first-order valence-electron chi connectivity index (χ1n) is 6.34. The van der Waals surface area contributed by atoms with E-state index in [0.29, 0.717) is 5.75 Å². The Balaban J connectivity index is 2.04. The number of nitrogens with zero attached hydrogens (tertiary/aromatic N) is 2. The molecule has 0 saturated heterocycles. The summed E-state index contributed by atoms with van der Waals surface area (Å²) in [6.07, 6.45) is 0.769. The minimum absolute atomic E-state index is 0.296. The highest BCUT2D eigenvalue weighted by atomic mass is 16.3. The monoisotopic (exact) mass is 252 g/mol. The van der Waals surface area contributed by atoms with Crippen molar-refractivity contribution in [2.75, 3.05) is 0 Å². The molecule has 0 radical (unpaired) electrons. The van der Waals surface area contributed by atoms with Gasteiger partial charge < -0.3 is 9.67 Å². The number of hydrogen-bond acceptors (Lipinski definition) is 2. The van der Waals surface area contributed by atoms with E-state index in [9.17, 15) is 5.11 Å². The number of hydrogen-bond donors (Lipinski definition) is 1. The molecule has 3 aromatic rings. The zero-order valence-electron chi connectivity index (χ0n) is 11.1. The number of fused-ring (bicyclic) bond motifs is 1. The van der Waals surface area contributed by atoms with Gasteiger partial charge in [-0.15, -0.1) is 0 Å². The molecule has 2 aromatic carbocycles. The van der Waals surface area contributed by atoms with Crippen LogP contribution in [0.25, 0.3) is 11.0 Å². The lowest BCUT2D eigenvalue weighted by molar-refractivity contribution is 0.475. The minimum atomic E-state index is 0.296. The fourth-order valence-corrected chi connectivity index (χ4v) is 2.47. The van der Waals surface area contributed by atoms with Crippen molar-refractivity contribution in [1.82, 2.24) is 9.55 Å². The van der Waals surface area contributed by atoms with Gasteiger partial charge in [0, 0.05) is 13.5 Å². The second-order valence-corrected chi connectivity index (χ2v) is 4.87. The number of benzene rings is 2. The quantitative estimate of drug-likeness (QED) is 0.760. The summed E-state index contributed by atoms with van der Waals surface area (Å²) in [7, 11) is 2.05. The Kier molecular flexibility index (Phi) is 2.75. The van der Waals surface area contributed by atoms with Crippen molar-refractivity contribution in [3.8, 4) is 5.75 Å². The topological polar surface area (TPSA) is 38.1 Å². The number of aromatic nitrogens is 2. The Morgan fingerprint density at radius 3 is 2.53 bits per heavy atom. The molecule has 1 aromatic heterocycles. The van der Waals surface area contributed by atoms with E-state index in [4.69, 9.17) is 4.98 Å². The Morgan fingerprint density at radius 1 is 1.11 bits per heavy atom. The normalized spacial score (nSPS) is 11.1. The molecule has 1 N–H and O–H groups in total. The van der Waals surface area contributed by atoms with Crippen LogP contribution >= 0.6 is 0 Å². The van der Waals surface area contributed by atoms with E-state index in [0.717, 1.165) is 23.3 Å². The zero-order chi connectivity index (χ0) is 13.4. The van der Waals surface area contributed by atoms with Gasteiger partial charge in [0.05, 0.1) is 11.0 Å². The van der Waals surface area contributed by atoms with E-state index in [1.165, 1.54) is 11.1 Å². The second kappa shape index (κ2) is 4.43. The van der Waals surface area contributed by atoms with Crippen LogP contribution in [0.1, 0.15) is 17.0 Å². The van der Waals surface area contributed by atoms with Gasteiger partial charge in [-0.3, -0.25) is 0 Å². The van der Waals surface area contributed by atoms with E-state index >= 15 is 0 Å². The van der Waals surface area contributed by atoms with Gasteiger partial charge in [0.2, 0.25) is 0 Å². The van der Waals surface area contributed by atoms with Crippen LogP contribution in [0, 0.1) is 6.92 Å². The van der Waals surface area contributed by atoms with Crippen LogP contribution in [0.4, 0.5) is 0 Å². The maximum atomic E-state index is 9.31. The van der Waals surface area contributed by atoms with E-state index in [-0.39, 0.29) is 0 Å². The number of aromatic hydroxyl groups is 1. The number of aryl methyl sites for hydroxylation is 2. The Morgan fingerprint density at radius 2 is 1.84 bits per heavy atom. The molecule has 0 amide bonds. The summed E-state index contributed by atoms with van der Waals surface area (Å²) in [6.45, 7) is 2.11. The van der Waals surface area contributed by atoms with Gasteiger partial charge in [0.15, 0.2) is 0 Å². The van der Waals surface area contributed by atoms with E-state index < -0.39 is 0 Å². The van der Waals surface area contributed by atoms with Crippen LogP contribution in [0.2, 0.25) is 0 Å². The maximum absolute atomic E-state index is 9.31. The van der Waals surface area contributed by atoms with E-state index in [1.54, 1.807) is 12.1 Å². The molecule has 96 valence electrons. The first kappa shape index (κ1) is 11.8. The molecule has 0 atom stereocenters. The molecule has 0 unspecified atom stereocenters. The third-order valence-electron chi connectivity index (χ3n) is 3.49. The number of imidazole rings is 1. The van der Waals surface area contributed by atoms with Gasteiger partial charge in [-0.1, -0.05) is 24.3 Å². The standard InChI is InChI=1S/C16H16N2O/c1-11-4-3-5-14-16(11)18(2)15(17-14)10-12-6-8-13(19)9-7-12/h3-9,19H,10H2,1-2H3. The molecular formula is C16H16N2O. The smallest absolute Gasteiger partial charge is 0.115 e. The fourth-order valence-electron chi connectivity index (χ4n) is 2.47. The number of rotatable bonds is 2.